The number of nitrogens with one attached hydrogen (secondary N) is 1. The number of aliphatic hydroxyl groups excluding tert-OH is 1. The zero-order valence-corrected chi connectivity index (χ0v) is 22.5. The third-order valence-electron chi connectivity index (χ3n) is 7.22. The number of benzene rings is 2. The fraction of sp³-hybridized carbons (Fsp3) is 0.310. The molecule has 1 unspecified atom stereocenters. The maximum atomic E-state index is 13.5. The average Bonchev–Trinajstić information content (AvgIpc) is 3.50. The molecule has 1 aliphatic rings. The van der Waals surface area contributed by atoms with Crippen LogP contribution in [0, 0.1) is 6.92 Å². The summed E-state index contributed by atoms with van der Waals surface area (Å²) in [4.78, 5) is 30.7. The van der Waals surface area contributed by atoms with Crippen LogP contribution in [0.15, 0.2) is 65.6 Å². The third kappa shape index (κ3) is 5.22. The molecule has 3 heterocycles. The minimum absolute atomic E-state index is 0.0293. The lowest BCUT2D eigenvalue weighted by molar-refractivity contribution is 0.0692. The van der Waals surface area contributed by atoms with E-state index in [1.54, 1.807) is 29.7 Å². The van der Waals surface area contributed by atoms with Crippen LogP contribution in [0.5, 0.6) is 0 Å². The van der Waals surface area contributed by atoms with Crippen LogP contribution < -0.4 is 10.7 Å². The SMILES string of the molecule is Cc1c(CN2CCC[C@@H]2C(O)c2ccccc2)sc2c1c(=O)c(C(=O)NCc1ccc(Cl)cc1)cn2C. The van der Waals surface area contributed by atoms with E-state index in [0.717, 1.165) is 45.8 Å². The lowest BCUT2D eigenvalue weighted by atomic mass is 10.0. The molecule has 1 aliphatic heterocycles. The molecule has 0 radical (unpaired) electrons. The Balaban J connectivity index is 1.39. The number of amides is 1. The molecule has 0 spiro atoms. The van der Waals surface area contributed by atoms with E-state index in [1.165, 1.54) is 0 Å². The number of pyridine rings is 1. The first-order valence-corrected chi connectivity index (χ1v) is 13.6. The van der Waals surface area contributed by atoms with E-state index in [2.05, 4.69) is 10.2 Å². The van der Waals surface area contributed by atoms with Gasteiger partial charge in [0.1, 0.15) is 10.4 Å². The van der Waals surface area contributed by atoms with Crippen molar-refractivity contribution in [2.75, 3.05) is 6.54 Å². The topological polar surface area (TPSA) is 74.6 Å². The molecule has 2 N–H and O–H groups in total. The summed E-state index contributed by atoms with van der Waals surface area (Å²) in [5.74, 6) is -0.393. The van der Waals surface area contributed by atoms with Crippen molar-refractivity contribution in [2.24, 2.45) is 7.05 Å². The van der Waals surface area contributed by atoms with E-state index in [1.807, 2.05) is 61.0 Å². The fourth-order valence-electron chi connectivity index (χ4n) is 5.16. The van der Waals surface area contributed by atoms with Gasteiger partial charge in [-0.3, -0.25) is 14.5 Å². The number of aromatic nitrogens is 1. The van der Waals surface area contributed by atoms with Crippen molar-refractivity contribution < 1.29 is 9.90 Å². The molecular weight excluding hydrogens is 506 g/mol. The number of halogens is 1. The number of hydrogen-bond donors (Lipinski definition) is 2. The molecule has 192 valence electrons. The van der Waals surface area contributed by atoms with Gasteiger partial charge in [0.05, 0.1) is 11.5 Å². The predicted octanol–water partition coefficient (Wildman–Crippen LogP) is 5.19. The molecule has 1 fully saturated rings. The Morgan fingerprint density at radius 1 is 1.19 bits per heavy atom. The lowest BCUT2D eigenvalue weighted by Gasteiger charge is -2.28. The Hall–Kier alpha value is -2.97. The van der Waals surface area contributed by atoms with Crippen molar-refractivity contribution in [3.05, 3.63) is 103 Å². The highest BCUT2D eigenvalue weighted by molar-refractivity contribution is 7.18. The second-order valence-corrected chi connectivity index (χ2v) is 11.2. The van der Waals surface area contributed by atoms with Crippen LogP contribution in [0.25, 0.3) is 10.2 Å². The standard InChI is InChI=1S/C29H30ClN3O3S/c1-18-24(17-33-14-6-9-23(33)26(34)20-7-4-3-5-8-20)37-29-25(18)27(35)22(16-32(29)2)28(36)31-15-19-10-12-21(30)13-11-19/h3-5,7-8,10-13,16,23,26,34H,6,9,14-15,17H2,1-2H3,(H,31,36)/t23-,26?/m1/s1. The van der Waals surface area contributed by atoms with Crippen LogP contribution in [0.1, 0.15) is 50.9 Å². The monoisotopic (exact) mass is 535 g/mol. The highest BCUT2D eigenvalue weighted by atomic mass is 35.5. The van der Waals surface area contributed by atoms with E-state index in [9.17, 15) is 14.7 Å². The second-order valence-electron chi connectivity index (χ2n) is 9.66. The number of rotatable bonds is 7. The molecule has 1 amide bonds. The smallest absolute Gasteiger partial charge is 0.257 e. The first-order chi connectivity index (χ1) is 17.8. The van der Waals surface area contributed by atoms with Gasteiger partial charge in [-0.15, -0.1) is 11.3 Å². The molecule has 0 bridgehead atoms. The minimum Gasteiger partial charge on any atom is -0.387 e. The summed E-state index contributed by atoms with van der Waals surface area (Å²) < 4.78 is 1.87. The first kappa shape index (κ1) is 25.7. The molecule has 2 atom stereocenters. The van der Waals surface area contributed by atoms with Crippen LogP contribution in [-0.4, -0.2) is 33.1 Å². The van der Waals surface area contributed by atoms with E-state index < -0.39 is 12.0 Å². The third-order valence-corrected chi connectivity index (χ3v) is 8.84. The number of likely N-dealkylation sites (tertiary alicyclic amines) is 1. The number of aryl methyl sites for hydroxylation is 2. The maximum absolute atomic E-state index is 13.5. The van der Waals surface area contributed by atoms with Crippen molar-refractivity contribution >= 4 is 39.1 Å². The Kier molecular flexibility index (Phi) is 7.49. The number of carbonyl (C=O) groups excluding carboxylic acids is 1. The predicted molar refractivity (Wildman–Crippen MR) is 149 cm³/mol. The number of carbonyl (C=O) groups is 1. The van der Waals surface area contributed by atoms with Gasteiger partial charge in [0.2, 0.25) is 5.43 Å². The van der Waals surface area contributed by atoms with E-state index in [0.29, 0.717) is 23.5 Å². The molecule has 2 aromatic heterocycles. The number of hydrogen-bond acceptors (Lipinski definition) is 5. The van der Waals surface area contributed by atoms with Crippen molar-refractivity contribution in [3.8, 4) is 0 Å². The average molecular weight is 536 g/mol. The van der Waals surface area contributed by atoms with Crippen LogP contribution in [-0.2, 0) is 20.1 Å². The largest absolute Gasteiger partial charge is 0.387 e. The van der Waals surface area contributed by atoms with Crippen molar-refractivity contribution in [1.29, 1.82) is 0 Å². The van der Waals surface area contributed by atoms with Crippen LogP contribution >= 0.6 is 22.9 Å². The zero-order chi connectivity index (χ0) is 26.1. The molecule has 4 aromatic rings. The summed E-state index contributed by atoms with van der Waals surface area (Å²) in [5.41, 5.74) is 2.63. The lowest BCUT2D eigenvalue weighted by Crippen LogP contribution is -2.34. The molecule has 0 saturated carbocycles. The second kappa shape index (κ2) is 10.8. The van der Waals surface area contributed by atoms with Crippen molar-refractivity contribution in [3.63, 3.8) is 0 Å². The minimum atomic E-state index is -0.555. The van der Waals surface area contributed by atoms with Gasteiger partial charge in [0.25, 0.3) is 5.91 Å². The zero-order valence-electron chi connectivity index (χ0n) is 20.9. The first-order valence-electron chi connectivity index (χ1n) is 12.4. The number of nitrogens with zero attached hydrogens (tertiary/aromatic N) is 2. The summed E-state index contributed by atoms with van der Waals surface area (Å²) in [7, 11) is 1.87. The molecule has 2 aromatic carbocycles. The quantitative estimate of drug-likeness (QED) is 0.341. The van der Waals surface area contributed by atoms with Crippen LogP contribution in [0.3, 0.4) is 0 Å². The van der Waals surface area contributed by atoms with Gasteiger partial charge in [-0.2, -0.15) is 0 Å². The maximum Gasteiger partial charge on any atom is 0.257 e. The van der Waals surface area contributed by atoms with Crippen LogP contribution in [0.2, 0.25) is 5.02 Å². The Bertz CT molecular complexity index is 1480. The summed E-state index contributed by atoms with van der Waals surface area (Å²) >= 11 is 7.53. The Morgan fingerprint density at radius 2 is 1.92 bits per heavy atom. The molecule has 1 saturated heterocycles. The highest BCUT2D eigenvalue weighted by Gasteiger charge is 2.32. The molecule has 5 rings (SSSR count). The summed E-state index contributed by atoms with van der Waals surface area (Å²) in [6.07, 6.45) is 3.02. The van der Waals surface area contributed by atoms with Gasteiger partial charge in [-0.05, 0) is 55.1 Å². The molecule has 37 heavy (non-hydrogen) atoms. The summed E-state index contributed by atoms with van der Waals surface area (Å²) in [5, 5.41) is 15.2. The van der Waals surface area contributed by atoms with Crippen molar-refractivity contribution in [2.45, 2.75) is 45.0 Å². The van der Waals surface area contributed by atoms with Gasteiger partial charge >= 0.3 is 0 Å². The highest BCUT2D eigenvalue weighted by Crippen LogP contribution is 2.35. The number of fused-ring (bicyclic) bond motifs is 1. The van der Waals surface area contributed by atoms with Crippen molar-refractivity contribution in [1.82, 2.24) is 14.8 Å². The Morgan fingerprint density at radius 3 is 2.65 bits per heavy atom. The molecular formula is C29H30ClN3O3S. The van der Waals surface area contributed by atoms with Gasteiger partial charge in [-0.25, -0.2) is 0 Å². The fourth-order valence-corrected chi connectivity index (χ4v) is 6.55. The van der Waals surface area contributed by atoms with E-state index in [4.69, 9.17) is 11.6 Å². The number of thiophene rings is 1. The van der Waals surface area contributed by atoms with Gasteiger partial charge in [-0.1, -0.05) is 54.1 Å². The van der Waals surface area contributed by atoms with Gasteiger partial charge < -0.3 is 15.0 Å². The summed E-state index contributed by atoms with van der Waals surface area (Å²) in [6.45, 7) is 3.84. The Labute approximate surface area is 225 Å². The van der Waals surface area contributed by atoms with E-state index >= 15 is 0 Å². The van der Waals surface area contributed by atoms with Gasteiger partial charge in [0, 0.05) is 42.3 Å². The summed E-state index contributed by atoms with van der Waals surface area (Å²) in [6, 6.07) is 17.1. The number of aliphatic hydroxyl groups is 1. The van der Waals surface area contributed by atoms with E-state index in [-0.39, 0.29) is 17.0 Å². The molecule has 6 nitrogen and oxygen atoms in total. The molecule has 8 heteroatoms. The molecule has 0 aliphatic carbocycles. The van der Waals surface area contributed by atoms with Crippen LogP contribution in [0.4, 0.5) is 0 Å². The normalized spacial score (nSPS) is 16.8. The van der Waals surface area contributed by atoms with Gasteiger partial charge in [0.15, 0.2) is 0 Å².